The highest BCUT2D eigenvalue weighted by atomic mass is 35.5. The Balaban J connectivity index is 2.35. The molecule has 5 nitrogen and oxygen atoms in total. The van der Waals surface area contributed by atoms with E-state index in [2.05, 4.69) is 11.4 Å². The van der Waals surface area contributed by atoms with Gasteiger partial charge in [0.25, 0.3) is 0 Å². The Labute approximate surface area is 146 Å². The Hall–Kier alpha value is -2.32. The standard InChI is InChI=1S/C18H20ClN3O2/c1-3-24-17(23)16(21)18(2)8-7-12(11-20)9-15(18)22-14-6-4-5-13(19)10-14/h4-6,9-10,15,21-22H,3,7-8H2,1-2H3. The average molecular weight is 346 g/mol. The van der Waals surface area contributed by atoms with Crippen LogP contribution >= 0.6 is 11.6 Å². The van der Waals surface area contributed by atoms with Gasteiger partial charge in [-0.2, -0.15) is 5.26 Å². The van der Waals surface area contributed by atoms with E-state index in [4.69, 9.17) is 21.7 Å². The van der Waals surface area contributed by atoms with Gasteiger partial charge in [-0.1, -0.05) is 24.6 Å². The summed E-state index contributed by atoms with van der Waals surface area (Å²) in [6, 6.07) is 9.00. The Bertz CT molecular complexity index is 723. The summed E-state index contributed by atoms with van der Waals surface area (Å²) in [5, 5.41) is 21.4. The molecule has 0 amide bonds. The van der Waals surface area contributed by atoms with E-state index >= 15 is 0 Å². The molecule has 0 saturated heterocycles. The zero-order valence-corrected chi connectivity index (χ0v) is 14.5. The number of hydrogen-bond donors (Lipinski definition) is 2. The molecule has 0 bridgehead atoms. The second kappa shape index (κ2) is 7.50. The summed E-state index contributed by atoms with van der Waals surface area (Å²) in [6.45, 7) is 3.78. The fourth-order valence-electron chi connectivity index (χ4n) is 2.79. The molecule has 0 radical (unpaired) electrons. The molecule has 0 saturated carbocycles. The number of allylic oxidation sites excluding steroid dienone is 1. The van der Waals surface area contributed by atoms with Crippen LogP contribution in [0.2, 0.25) is 5.02 Å². The first-order valence-electron chi connectivity index (χ1n) is 7.79. The summed E-state index contributed by atoms with van der Waals surface area (Å²) < 4.78 is 4.99. The van der Waals surface area contributed by atoms with Crippen molar-refractivity contribution in [2.45, 2.75) is 32.7 Å². The summed E-state index contributed by atoms with van der Waals surface area (Å²) >= 11 is 6.02. The number of benzene rings is 1. The number of nitriles is 1. The van der Waals surface area contributed by atoms with Crippen LogP contribution in [-0.4, -0.2) is 24.3 Å². The van der Waals surface area contributed by atoms with Gasteiger partial charge >= 0.3 is 5.97 Å². The summed E-state index contributed by atoms with van der Waals surface area (Å²) in [5.41, 5.74) is 0.557. The molecular formula is C18H20ClN3O2. The Morgan fingerprint density at radius 2 is 2.33 bits per heavy atom. The van der Waals surface area contributed by atoms with E-state index in [1.807, 2.05) is 19.1 Å². The number of rotatable bonds is 5. The number of carbonyl (C=O) groups is 1. The van der Waals surface area contributed by atoms with Crippen molar-refractivity contribution in [1.29, 1.82) is 10.7 Å². The van der Waals surface area contributed by atoms with Gasteiger partial charge in [0.1, 0.15) is 5.71 Å². The fourth-order valence-corrected chi connectivity index (χ4v) is 2.98. The van der Waals surface area contributed by atoms with Crippen LogP contribution in [0.3, 0.4) is 0 Å². The second-order valence-corrected chi connectivity index (χ2v) is 6.39. The summed E-state index contributed by atoms with van der Waals surface area (Å²) in [4.78, 5) is 12.1. The van der Waals surface area contributed by atoms with Crippen LogP contribution in [0.4, 0.5) is 5.69 Å². The highest BCUT2D eigenvalue weighted by molar-refractivity contribution is 6.37. The van der Waals surface area contributed by atoms with E-state index in [-0.39, 0.29) is 18.4 Å². The number of anilines is 1. The molecule has 1 aromatic carbocycles. The third-order valence-corrected chi connectivity index (χ3v) is 4.54. The molecular weight excluding hydrogens is 326 g/mol. The molecule has 0 heterocycles. The van der Waals surface area contributed by atoms with Gasteiger partial charge in [-0.3, -0.25) is 5.41 Å². The molecule has 1 aromatic rings. The van der Waals surface area contributed by atoms with Crippen molar-refractivity contribution in [1.82, 2.24) is 0 Å². The van der Waals surface area contributed by atoms with Gasteiger partial charge < -0.3 is 10.1 Å². The van der Waals surface area contributed by atoms with Crippen molar-refractivity contribution in [3.63, 3.8) is 0 Å². The molecule has 1 aliphatic rings. The van der Waals surface area contributed by atoms with E-state index in [9.17, 15) is 10.1 Å². The van der Waals surface area contributed by atoms with Gasteiger partial charge in [0.2, 0.25) is 0 Å². The second-order valence-electron chi connectivity index (χ2n) is 5.95. The van der Waals surface area contributed by atoms with Crippen molar-refractivity contribution in [3.05, 3.63) is 40.9 Å². The van der Waals surface area contributed by atoms with Crippen molar-refractivity contribution in [3.8, 4) is 6.07 Å². The molecule has 0 fully saturated rings. The van der Waals surface area contributed by atoms with Gasteiger partial charge in [0, 0.05) is 21.7 Å². The van der Waals surface area contributed by atoms with E-state index in [1.54, 1.807) is 25.1 Å². The Morgan fingerprint density at radius 3 is 2.96 bits per heavy atom. The first-order chi connectivity index (χ1) is 11.4. The largest absolute Gasteiger partial charge is 0.462 e. The lowest BCUT2D eigenvalue weighted by Gasteiger charge is -2.39. The van der Waals surface area contributed by atoms with Crippen LogP contribution in [0.5, 0.6) is 0 Å². The number of nitrogens with zero attached hydrogens (tertiary/aromatic N) is 1. The highest BCUT2D eigenvalue weighted by Gasteiger charge is 2.43. The minimum absolute atomic E-state index is 0.0860. The van der Waals surface area contributed by atoms with Gasteiger partial charge in [-0.05, 0) is 44.0 Å². The van der Waals surface area contributed by atoms with Gasteiger partial charge in [-0.25, -0.2) is 4.79 Å². The van der Waals surface area contributed by atoms with Gasteiger partial charge in [0.05, 0.1) is 18.7 Å². The van der Waals surface area contributed by atoms with Crippen molar-refractivity contribution in [2.75, 3.05) is 11.9 Å². The van der Waals surface area contributed by atoms with Gasteiger partial charge in [-0.15, -0.1) is 0 Å². The minimum Gasteiger partial charge on any atom is -0.462 e. The third kappa shape index (κ3) is 3.77. The van der Waals surface area contributed by atoms with Crippen LogP contribution in [0.15, 0.2) is 35.9 Å². The van der Waals surface area contributed by atoms with E-state index in [1.165, 1.54) is 0 Å². The number of hydrogen-bond acceptors (Lipinski definition) is 5. The normalized spacial score (nSPS) is 22.9. The summed E-state index contributed by atoms with van der Waals surface area (Å²) in [5.74, 6) is -0.619. The lowest BCUT2D eigenvalue weighted by molar-refractivity contribution is -0.135. The van der Waals surface area contributed by atoms with Crippen molar-refractivity contribution < 1.29 is 9.53 Å². The SMILES string of the molecule is CCOC(=O)C(=N)C1(C)CCC(C#N)=CC1Nc1cccc(Cl)c1. The van der Waals surface area contributed by atoms with E-state index in [0.717, 1.165) is 5.69 Å². The Kier molecular flexibility index (Phi) is 5.63. The maximum atomic E-state index is 12.1. The number of halogens is 1. The third-order valence-electron chi connectivity index (χ3n) is 4.31. The molecule has 24 heavy (non-hydrogen) atoms. The molecule has 0 aromatic heterocycles. The average Bonchev–Trinajstić information content (AvgIpc) is 2.56. The molecule has 2 N–H and O–H groups in total. The first-order valence-corrected chi connectivity index (χ1v) is 8.17. The van der Waals surface area contributed by atoms with Crippen LogP contribution < -0.4 is 5.32 Å². The summed E-state index contributed by atoms with van der Waals surface area (Å²) in [7, 11) is 0. The van der Waals surface area contributed by atoms with Crippen molar-refractivity contribution >= 4 is 29.0 Å². The minimum atomic E-state index is -0.769. The smallest absolute Gasteiger partial charge is 0.352 e. The maximum absolute atomic E-state index is 12.1. The zero-order chi connectivity index (χ0) is 17.7. The quantitative estimate of drug-likeness (QED) is 0.624. The molecule has 2 unspecified atom stereocenters. The monoisotopic (exact) mass is 345 g/mol. The van der Waals surface area contributed by atoms with Crippen molar-refractivity contribution in [2.24, 2.45) is 5.41 Å². The number of esters is 1. The lowest BCUT2D eigenvalue weighted by atomic mass is 9.69. The van der Waals surface area contributed by atoms with Crippen LogP contribution in [0, 0.1) is 22.2 Å². The van der Waals surface area contributed by atoms with Crippen LogP contribution in [-0.2, 0) is 9.53 Å². The first kappa shape index (κ1) is 18.0. The number of carbonyl (C=O) groups excluding carboxylic acids is 1. The molecule has 126 valence electrons. The highest BCUT2D eigenvalue weighted by Crippen LogP contribution is 2.38. The van der Waals surface area contributed by atoms with E-state index in [0.29, 0.717) is 23.4 Å². The molecule has 0 aliphatic heterocycles. The number of nitrogens with one attached hydrogen (secondary N) is 2. The topological polar surface area (TPSA) is 86.0 Å². The maximum Gasteiger partial charge on any atom is 0.352 e. The van der Waals surface area contributed by atoms with E-state index < -0.39 is 11.4 Å². The Morgan fingerprint density at radius 1 is 1.58 bits per heavy atom. The molecule has 1 aliphatic carbocycles. The molecule has 2 rings (SSSR count). The molecule has 2 atom stereocenters. The predicted molar refractivity (Wildman–Crippen MR) is 94.3 cm³/mol. The zero-order valence-electron chi connectivity index (χ0n) is 13.7. The molecule has 0 spiro atoms. The van der Waals surface area contributed by atoms with Crippen LogP contribution in [0.25, 0.3) is 0 Å². The predicted octanol–water partition coefficient (Wildman–Crippen LogP) is 3.95. The summed E-state index contributed by atoms with van der Waals surface area (Å²) in [6.07, 6.45) is 2.84. The molecule has 6 heteroatoms. The van der Waals surface area contributed by atoms with Crippen LogP contribution in [0.1, 0.15) is 26.7 Å². The van der Waals surface area contributed by atoms with Gasteiger partial charge in [0.15, 0.2) is 0 Å². The lowest BCUT2D eigenvalue weighted by Crippen LogP contribution is -2.48. The fraction of sp³-hybridized carbons (Fsp3) is 0.389. The number of ether oxygens (including phenoxy) is 1.